The van der Waals surface area contributed by atoms with Gasteiger partial charge >= 0.3 is 0 Å². The molecule has 4 heterocycles. The SMILES string of the molecule is Cc1nc(-c2cccc(NC(=O)C3CCN(c4ccc5nncn5n4)CC3)c2)n[nH]1. The predicted octanol–water partition coefficient (Wildman–Crippen LogP) is 2.07. The maximum Gasteiger partial charge on any atom is 0.227 e. The minimum atomic E-state index is -0.0331. The van der Waals surface area contributed by atoms with Crippen LogP contribution in [0.1, 0.15) is 18.7 Å². The Kier molecular flexibility index (Phi) is 4.58. The van der Waals surface area contributed by atoms with Gasteiger partial charge in [-0.1, -0.05) is 12.1 Å². The number of piperidine rings is 1. The first kappa shape index (κ1) is 18.2. The van der Waals surface area contributed by atoms with Gasteiger partial charge in [-0.3, -0.25) is 9.89 Å². The van der Waals surface area contributed by atoms with Crippen molar-refractivity contribution in [2.24, 2.45) is 5.92 Å². The fourth-order valence-electron chi connectivity index (χ4n) is 3.71. The molecular weight excluding hydrogens is 382 g/mol. The summed E-state index contributed by atoms with van der Waals surface area (Å²) in [5, 5.41) is 22.4. The van der Waals surface area contributed by atoms with Crippen LogP contribution in [0.4, 0.5) is 11.5 Å². The van der Waals surface area contributed by atoms with Crippen LogP contribution in [0.25, 0.3) is 17.0 Å². The van der Waals surface area contributed by atoms with Crippen molar-refractivity contribution in [2.75, 3.05) is 23.3 Å². The van der Waals surface area contributed by atoms with Gasteiger partial charge in [0.25, 0.3) is 0 Å². The molecular formula is C20H21N9O. The van der Waals surface area contributed by atoms with E-state index < -0.39 is 0 Å². The van der Waals surface area contributed by atoms with E-state index in [0.717, 1.165) is 54.5 Å². The molecule has 0 bridgehead atoms. The van der Waals surface area contributed by atoms with E-state index in [2.05, 4.69) is 40.7 Å². The zero-order chi connectivity index (χ0) is 20.5. The number of hydrogen-bond donors (Lipinski definition) is 2. The molecule has 0 unspecified atom stereocenters. The molecule has 152 valence electrons. The van der Waals surface area contributed by atoms with E-state index >= 15 is 0 Å². The standard InChI is InChI=1S/C20H21N9O/c1-13-22-19(26-24-13)15-3-2-4-16(11-15)23-20(30)14-7-9-28(10-8-14)18-6-5-17-25-21-12-29(17)27-18/h2-6,11-12,14H,7-10H2,1H3,(H,23,30)(H,22,24,26). The van der Waals surface area contributed by atoms with Gasteiger partial charge in [0.1, 0.15) is 18.0 Å². The second-order valence-corrected chi connectivity index (χ2v) is 7.40. The van der Waals surface area contributed by atoms with E-state index in [0.29, 0.717) is 5.82 Å². The second kappa shape index (κ2) is 7.54. The Balaban J connectivity index is 1.22. The molecule has 3 aromatic heterocycles. The number of aromatic nitrogens is 7. The Bertz CT molecular complexity index is 1190. The van der Waals surface area contributed by atoms with E-state index in [4.69, 9.17) is 0 Å². The highest BCUT2D eigenvalue weighted by Crippen LogP contribution is 2.24. The van der Waals surface area contributed by atoms with Crippen LogP contribution in [0, 0.1) is 12.8 Å². The fourth-order valence-corrected chi connectivity index (χ4v) is 3.71. The van der Waals surface area contributed by atoms with Gasteiger partial charge in [-0.25, -0.2) is 4.98 Å². The van der Waals surface area contributed by atoms with Gasteiger partial charge in [0.05, 0.1) is 0 Å². The van der Waals surface area contributed by atoms with Crippen molar-refractivity contribution in [3.05, 3.63) is 48.5 Å². The summed E-state index contributed by atoms with van der Waals surface area (Å²) in [6.45, 7) is 3.40. The monoisotopic (exact) mass is 403 g/mol. The van der Waals surface area contributed by atoms with Crippen molar-refractivity contribution in [3.63, 3.8) is 0 Å². The van der Waals surface area contributed by atoms with Crippen molar-refractivity contribution >= 4 is 23.1 Å². The molecule has 5 rings (SSSR count). The number of carbonyl (C=O) groups excluding carboxylic acids is 1. The molecule has 1 saturated heterocycles. The highest BCUT2D eigenvalue weighted by molar-refractivity contribution is 5.93. The molecule has 0 radical (unpaired) electrons. The molecule has 0 aliphatic carbocycles. The molecule has 4 aromatic rings. The first-order valence-electron chi connectivity index (χ1n) is 9.88. The number of amides is 1. The number of hydrogen-bond acceptors (Lipinski definition) is 7. The number of anilines is 2. The van der Waals surface area contributed by atoms with Gasteiger partial charge in [0.15, 0.2) is 11.5 Å². The number of aromatic amines is 1. The third kappa shape index (κ3) is 3.59. The van der Waals surface area contributed by atoms with E-state index in [1.54, 1.807) is 10.8 Å². The summed E-state index contributed by atoms with van der Waals surface area (Å²) in [6.07, 6.45) is 3.13. The molecule has 0 saturated carbocycles. The van der Waals surface area contributed by atoms with Crippen LogP contribution >= 0.6 is 0 Å². The van der Waals surface area contributed by atoms with Gasteiger partial charge in [-0.2, -0.15) is 9.61 Å². The van der Waals surface area contributed by atoms with Crippen LogP contribution in [-0.4, -0.2) is 54.0 Å². The molecule has 1 aliphatic heterocycles. The molecule has 30 heavy (non-hydrogen) atoms. The lowest BCUT2D eigenvalue weighted by Gasteiger charge is -2.32. The summed E-state index contributed by atoms with van der Waals surface area (Å²) in [4.78, 5) is 19.3. The third-order valence-corrected chi connectivity index (χ3v) is 5.32. The first-order valence-corrected chi connectivity index (χ1v) is 9.88. The summed E-state index contributed by atoms with van der Waals surface area (Å²) >= 11 is 0. The quantitative estimate of drug-likeness (QED) is 0.536. The molecule has 1 fully saturated rings. The average Bonchev–Trinajstić information content (AvgIpc) is 3.42. The molecule has 10 nitrogen and oxygen atoms in total. The van der Waals surface area contributed by atoms with Crippen LogP contribution in [-0.2, 0) is 4.79 Å². The summed E-state index contributed by atoms with van der Waals surface area (Å²) in [7, 11) is 0. The molecule has 2 N–H and O–H groups in total. The number of nitrogens with zero attached hydrogens (tertiary/aromatic N) is 7. The number of fused-ring (bicyclic) bond motifs is 1. The molecule has 0 atom stereocenters. The van der Waals surface area contributed by atoms with E-state index in [9.17, 15) is 4.79 Å². The van der Waals surface area contributed by atoms with E-state index in [1.807, 2.05) is 43.3 Å². The van der Waals surface area contributed by atoms with Crippen molar-refractivity contribution in [2.45, 2.75) is 19.8 Å². The van der Waals surface area contributed by atoms with Gasteiger partial charge in [0, 0.05) is 30.3 Å². The Morgan fingerprint density at radius 3 is 2.87 bits per heavy atom. The van der Waals surface area contributed by atoms with Crippen molar-refractivity contribution in [3.8, 4) is 11.4 Å². The van der Waals surface area contributed by atoms with Crippen molar-refractivity contribution in [1.82, 2.24) is 35.0 Å². The highest BCUT2D eigenvalue weighted by Gasteiger charge is 2.26. The fraction of sp³-hybridized carbons (Fsp3) is 0.300. The summed E-state index contributed by atoms with van der Waals surface area (Å²) in [5.41, 5.74) is 2.33. The Labute approximate surface area is 172 Å². The Hall–Kier alpha value is -3.82. The average molecular weight is 403 g/mol. The Morgan fingerprint density at radius 2 is 2.07 bits per heavy atom. The second-order valence-electron chi connectivity index (χ2n) is 7.40. The topological polar surface area (TPSA) is 117 Å². The third-order valence-electron chi connectivity index (χ3n) is 5.32. The lowest BCUT2D eigenvalue weighted by molar-refractivity contribution is -0.120. The predicted molar refractivity (Wildman–Crippen MR) is 111 cm³/mol. The Morgan fingerprint density at radius 1 is 1.20 bits per heavy atom. The maximum atomic E-state index is 12.8. The molecule has 1 aromatic carbocycles. The van der Waals surface area contributed by atoms with Crippen LogP contribution in [0.5, 0.6) is 0 Å². The van der Waals surface area contributed by atoms with E-state index in [1.165, 1.54) is 0 Å². The number of rotatable bonds is 4. The number of carbonyl (C=O) groups is 1. The number of H-pyrrole nitrogens is 1. The normalized spacial score (nSPS) is 14.9. The molecule has 10 heteroatoms. The van der Waals surface area contributed by atoms with Crippen LogP contribution in [0.2, 0.25) is 0 Å². The molecule has 0 spiro atoms. The highest BCUT2D eigenvalue weighted by atomic mass is 16.1. The number of benzene rings is 1. The van der Waals surface area contributed by atoms with Crippen LogP contribution < -0.4 is 10.2 Å². The van der Waals surface area contributed by atoms with Gasteiger partial charge in [-0.05, 0) is 44.0 Å². The summed E-state index contributed by atoms with van der Waals surface area (Å²) in [6, 6.07) is 11.4. The van der Waals surface area contributed by atoms with Crippen LogP contribution in [0.15, 0.2) is 42.7 Å². The molecule has 1 amide bonds. The van der Waals surface area contributed by atoms with Gasteiger partial charge in [-0.15, -0.1) is 15.3 Å². The zero-order valence-electron chi connectivity index (χ0n) is 16.5. The largest absolute Gasteiger partial charge is 0.355 e. The van der Waals surface area contributed by atoms with Crippen molar-refractivity contribution < 1.29 is 4.79 Å². The number of nitrogens with one attached hydrogen (secondary N) is 2. The van der Waals surface area contributed by atoms with Gasteiger partial charge in [0.2, 0.25) is 5.91 Å². The lowest BCUT2D eigenvalue weighted by atomic mass is 9.95. The number of aryl methyl sites for hydroxylation is 1. The lowest BCUT2D eigenvalue weighted by Crippen LogP contribution is -2.38. The van der Waals surface area contributed by atoms with Crippen molar-refractivity contribution in [1.29, 1.82) is 0 Å². The minimum Gasteiger partial charge on any atom is -0.355 e. The van der Waals surface area contributed by atoms with Gasteiger partial charge < -0.3 is 10.2 Å². The summed E-state index contributed by atoms with van der Waals surface area (Å²) in [5.74, 6) is 2.25. The van der Waals surface area contributed by atoms with Crippen LogP contribution in [0.3, 0.4) is 0 Å². The molecule has 1 aliphatic rings. The smallest absolute Gasteiger partial charge is 0.227 e. The van der Waals surface area contributed by atoms with E-state index in [-0.39, 0.29) is 11.8 Å². The summed E-state index contributed by atoms with van der Waals surface area (Å²) < 4.78 is 1.66. The maximum absolute atomic E-state index is 12.8. The first-order chi connectivity index (χ1) is 14.7. The zero-order valence-corrected chi connectivity index (χ0v) is 16.5. The minimum absolute atomic E-state index is 0.0331.